The molecular formula is C18H26N4. The van der Waals surface area contributed by atoms with Crippen LogP contribution < -0.4 is 10.2 Å². The van der Waals surface area contributed by atoms with E-state index >= 15 is 0 Å². The molecule has 2 aromatic rings. The highest BCUT2D eigenvalue weighted by Crippen LogP contribution is 2.17. The molecule has 4 nitrogen and oxygen atoms in total. The van der Waals surface area contributed by atoms with Crippen LogP contribution in [0.25, 0.3) is 0 Å². The number of rotatable bonds is 9. The Morgan fingerprint density at radius 1 is 1.05 bits per heavy atom. The summed E-state index contributed by atoms with van der Waals surface area (Å²) in [4.78, 5) is 11.0. The molecule has 0 amide bonds. The average molecular weight is 298 g/mol. The number of unbranched alkanes of at least 4 members (excludes halogenated alkanes) is 2. The lowest BCUT2D eigenvalue weighted by Crippen LogP contribution is -2.23. The number of aromatic nitrogens is 2. The molecule has 0 radical (unpaired) electrons. The van der Waals surface area contributed by atoms with Gasteiger partial charge in [-0.3, -0.25) is 0 Å². The molecule has 0 bridgehead atoms. The van der Waals surface area contributed by atoms with Gasteiger partial charge >= 0.3 is 0 Å². The molecule has 0 saturated heterocycles. The Hall–Kier alpha value is -2.10. The molecule has 0 aliphatic carbocycles. The summed E-state index contributed by atoms with van der Waals surface area (Å²) >= 11 is 0. The Morgan fingerprint density at radius 3 is 2.59 bits per heavy atom. The van der Waals surface area contributed by atoms with Crippen molar-refractivity contribution in [2.45, 2.75) is 39.7 Å². The lowest BCUT2D eigenvalue weighted by Gasteiger charge is -2.22. The van der Waals surface area contributed by atoms with E-state index in [1.165, 1.54) is 24.8 Å². The first-order valence-corrected chi connectivity index (χ1v) is 8.18. The van der Waals surface area contributed by atoms with E-state index in [9.17, 15) is 0 Å². The molecule has 0 fully saturated rings. The second-order valence-electron chi connectivity index (χ2n) is 5.40. The van der Waals surface area contributed by atoms with Gasteiger partial charge in [-0.25, -0.2) is 9.97 Å². The zero-order chi connectivity index (χ0) is 15.6. The van der Waals surface area contributed by atoms with E-state index in [4.69, 9.17) is 0 Å². The molecule has 0 aliphatic rings. The third-order valence-corrected chi connectivity index (χ3v) is 3.66. The van der Waals surface area contributed by atoms with Crippen LogP contribution in [0.5, 0.6) is 0 Å². The fraction of sp³-hybridized carbons (Fsp3) is 0.444. The highest BCUT2D eigenvalue weighted by atomic mass is 15.2. The second kappa shape index (κ2) is 9.03. The lowest BCUT2D eigenvalue weighted by molar-refractivity contribution is 0.741. The first-order chi connectivity index (χ1) is 10.8. The maximum atomic E-state index is 4.43. The van der Waals surface area contributed by atoms with Crippen LogP contribution in [0.2, 0.25) is 0 Å². The van der Waals surface area contributed by atoms with Gasteiger partial charge in [0.25, 0.3) is 0 Å². The van der Waals surface area contributed by atoms with Gasteiger partial charge in [-0.2, -0.15) is 0 Å². The summed E-state index contributed by atoms with van der Waals surface area (Å²) in [6, 6.07) is 12.5. The molecule has 22 heavy (non-hydrogen) atoms. The van der Waals surface area contributed by atoms with E-state index in [1.807, 2.05) is 12.1 Å². The van der Waals surface area contributed by atoms with Gasteiger partial charge in [0.05, 0.1) is 0 Å². The number of benzene rings is 1. The average Bonchev–Trinajstić information content (AvgIpc) is 2.58. The summed E-state index contributed by atoms with van der Waals surface area (Å²) in [5, 5.41) is 3.38. The van der Waals surface area contributed by atoms with Gasteiger partial charge in [0, 0.05) is 25.7 Å². The molecule has 0 spiro atoms. The summed E-state index contributed by atoms with van der Waals surface area (Å²) in [6.07, 6.45) is 5.31. The standard InChI is InChI=1S/C18H26N4/c1-3-5-9-12-19-17-13-18(21-15-20-17)22(4-2)14-16-10-7-6-8-11-16/h6-8,10-11,13,15H,3-5,9,12,14H2,1-2H3,(H,19,20,21). The number of nitrogens with one attached hydrogen (secondary N) is 1. The Kier molecular flexibility index (Phi) is 6.68. The fourth-order valence-electron chi connectivity index (χ4n) is 2.37. The van der Waals surface area contributed by atoms with Crippen molar-refractivity contribution in [2.24, 2.45) is 0 Å². The van der Waals surface area contributed by atoms with Crippen LogP contribution in [0, 0.1) is 0 Å². The zero-order valence-corrected chi connectivity index (χ0v) is 13.6. The highest BCUT2D eigenvalue weighted by molar-refractivity contribution is 5.48. The van der Waals surface area contributed by atoms with E-state index in [0.717, 1.165) is 31.3 Å². The van der Waals surface area contributed by atoms with Gasteiger partial charge in [0.2, 0.25) is 0 Å². The van der Waals surface area contributed by atoms with Crippen molar-refractivity contribution < 1.29 is 0 Å². The van der Waals surface area contributed by atoms with Crippen LogP contribution >= 0.6 is 0 Å². The monoisotopic (exact) mass is 298 g/mol. The van der Waals surface area contributed by atoms with Crippen molar-refractivity contribution in [1.29, 1.82) is 0 Å². The van der Waals surface area contributed by atoms with Crippen LogP contribution in [-0.2, 0) is 6.54 Å². The second-order valence-corrected chi connectivity index (χ2v) is 5.40. The summed E-state index contributed by atoms with van der Waals surface area (Å²) in [7, 11) is 0. The number of nitrogens with zero attached hydrogens (tertiary/aromatic N) is 3. The predicted octanol–water partition coefficient (Wildman–Crippen LogP) is 4.11. The fourth-order valence-corrected chi connectivity index (χ4v) is 2.37. The summed E-state index contributed by atoms with van der Waals surface area (Å²) in [6.45, 7) is 7.12. The Labute approximate surface area is 133 Å². The lowest BCUT2D eigenvalue weighted by atomic mass is 10.2. The molecule has 0 aliphatic heterocycles. The molecule has 2 rings (SSSR count). The minimum atomic E-state index is 0.865. The van der Waals surface area contributed by atoms with E-state index in [1.54, 1.807) is 6.33 Å². The van der Waals surface area contributed by atoms with Crippen molar-refractivity contribution in [3.05, 3.63) is 48.3 Å². The first-order valence-electron chi connectivity index (χ1n) is 8.18. The first kappa shape index (κ1) is 16.3. The van der Waals surface area contributed by atoms with E-state index in [-0.39, 0.29) is 0 Å². The highest BCUT2D eigenvalue weighted by Gasteiger charge is 2.08. The number of hydrogen-bond acceptors (Lipinski definition) is 4. The van der Waals surface area contributed by atoms with Crippen molar-refractivity contribution in [3.8, 4) is 0 Å². The van der Waals surface area contributed by atoms with Crippen LogP contribution in [0.15, 0.2) is 42.7 Å². The molecule has 1 aromatic carbocycles. The van der Waals surface area contributed by atoms with E-state index < -0.39 is 0 Å². The van der Waals surface area contributed by atoms with Crippen molar-refractivity contribution in [2.75, 3.05) is 23.3 Å². The molecule has 1 aromatic heterocycles. The molecule has 1 N–H and O–H groups in total. The quantitative estimate of drug-likeness (QED) is 0.707. The van der Waals surface area contributed by atoms with Gasteiger partial charge in [0.1, 0.15) is 18.0 Å². The maximum Gasteiger partial charge on any atom is 0.134 e. The van der Waals surface area contributed by atoms with Gasteiger partial charge < -0.3 is 10.2 Å². The zero-order valence-electron chi connectivity index (χ0n) is 13.6. The molecule has 4 heteroatoms. The van der Waals surface area contributed by atoms with Crippen LogP contribution in [0.1, 0.15) is 38.7 Å². The summed E-state index contributed by atoms with van der Waals surface area (Å²) in [5.74, 6) is 1.88. The summed E-state index contributed by atoms with van der Waals surface area (Å²) in [5.41, 5.74) is 1.29. The third kappa shape index (κ3) is 5.02. The van der Waals surface area contributed by atoms with Crippen molar-refractivity contribution in [1.82, 2.24) is 9.97 Å². The number of anilines is 2. The van der Waals surface area contributed by atoms with Crippen molar-refractivity contribution >= 4 is 11.6 Å². The Bertz CT molecular complexity index is 542. The Balaban J connectivity index is 1.99. The molecule has 0 unspecified atom stereocenters. The molecule has 118 valence electrons. The summed E-state index contributed by atoms with van der Waals surface area (Å²) < 4.78 is 0. The largest absolute Gasteiger partial charge is 0.370 e. The van der Waals surface area contributed by atoms with Crippen LogP contribution in [-0.4, -0.2) is 23.1 Å². The van der Waals surface area contributed by atoms with Gasteiger partial charge in [-0.05, 0) is 18.9 Å². The molecule has 0 atom stereocenters. The smallest absolute Gasteiger partial charge is 0.134 e. The SMILES string of the molecule is CCCCCNc1cc(N(CC)Cc2ccccc2)ncn1. The third-order valence-electron chi connectivity index (χ3n) is 3.66. The minimum absolute atomic E-state index is 0.865. The predicted molar refractivity (Wildman–Crippen MR) is 93.2 cm³/mol. The van der Waals surface area contributed by atoms with Crippen LogP contribution in [0.3, 0.4) is 0 Å². The Morgan fingerprint density at radius 2 is 1.86 bits per heavy atom. The molecule has 0 saturated carbocycles. The van der Waals surface area contributed by atoms with Gasteiger partial charge in [-0.1, -0.05) is 50.1 Å². The van der Waals surface area contributed by atoms with E-state index in [2.05, 4.69) is 58.3 Å². The molecular weight excluding hydrogens is 272 g/mol. The van der Waals surface area contributed by atoms with Gasteiger partial charge in [0.15, 0.2) is 0 Å². The van der Waals surface area contributed by atoms with Crippen LogP contribution in [0.4, 0.5) is 11.6 Å². The number of hydrogen-bond donors (Lipinski definition) is 1. The minimum Gasteiger partial charge on any atom is -0.370 e. The molecule has 1 heterocycles. The maximum absolute atomic E-state index is 4.43. The normalized spacial score (nSPS) is 10.5. The van der Waals surface area contributed by atoms with Gasteiger partial charge in [-0.15, -0.1) is 0 Å². The topological polar surface area (TPSA) is 41.0 Å². The van der Waals surface area contributed by atoms with E-state index in [0.29, 0.717) is 0 Å². The van der Waals surface area contributed by atoms with Crippen molar-refractivity contribution in [3.63, 3.8) is 0 Å².